The molecule has 3 rings (SSSR count). The molecule has 0 aliphatic carbocycles. The average Bonchev–Trinajstić information content (AvgIpc) is 3.10. The zero-order valence-electron chi connectivity index (χ0n) is 11.0. The Balaban J connectivity index is 1.93. The van der Waals surface area contributed by atoms with Crippen LogP contribution in [0, 0.1) is 0 Å². The second-order valence-electron chi connectivity index (χ2n) is 4.94. The van der Waals surface area contributed by atoms with Gasteiger partial charge in [0, 0.05) is 6.61 Å². The molecule has 5 heteroatoms. The lowest BCUT2D eigenvalue weighted by molar-refractivity contribution is 0.0931. The second-order valence-corrected chi connectivity index (χ2v) is 4.94. The number of hydrogen-bond donors (Lipinski definition) is 0. The first-order valence-corrected chi connectivity index (χ1v) is 6.77. The molecule has 0 N–H and O–H groups in total. The minimum atomic E-state index is -2.55. The Bertz CT molecular complexity index is 563. The van der Waals surface area contributed by atoms with Gasteiger partial charge in [-0.15, -0.1) is 0 Å². The summed E-state index contributed by atoms with van der Waals surface area (Å²) in [6.07, 6.45) is -0.502. The molecule has 1 saturated heterocycles. The number of ether oxygens (including phenoxy) is 1. The first-order chi connectivity index (χ1) is 9.74. The van der Waals surface area contributed by atoms with Crippen molar-refractivity contribution in [1.29, 1.82) is 0 Å². The van der Waals surface area contributed by atoms with E-state index < -0.39 is 6.43 Å². The van der Waals surface area contributed by atoms with Gasteiger partial charge < -0.3 is 4.74 Å². The first kappa shape index (κ1) is 13.2. The zero-order chi connectivity index (χ0) is 13.9. The lowest BCUT2D eigenvalue weighted by Gasteiger charge is -2.12. The molecule has 3 nitrogen and oxygen atoms in total. The van der Waals surface area contributed by atoms with Crippen LogP contribution in [-0.2, 0) is 11.3 Å². The lowest BCUT2D eigenvalue weighted by Crippen LogP contribution is -2.17. The summed E-state index contributed by atoms with van der Waals surface area (Å²) < 4.78 is 33.0. The summed E-state index contributed by atoms with van der Waals surface area (Å²) in [6.45, 7) is 1.27. The summed E-state index contributed by atoms with van der Waals surface area (Å²) in [5.41, 5.74) is 1.43. The summed E-state index contributed by atoms with van der Waals surface area (Å²) in [5, 5.41) is 4.04. The molecule has 0 spiro atoms. The Hall–Kier alpha value is -1.75. The van der Waals surface area contributed by atoms with E-state index in [1.807, 2.05) is 30.3 Å². The number of aromatic nitrogens is 2. The molecular formula is C15H16F2N2O. The van der Waals surface area contributed by atoms with Crippen LogP contribution in [0.3, 0.4) is 0 Å². The first-order valence-electron chi connectivity index (χ1n) is 6.77. The largest absolute Gasteiger partial charge is 0.376 e. The Morgan fingerprint density at radius 2 is 2.10 bits per heavy atom. The molecule has 1 aliphatic heterocycles. The summed E-state index contributed by atoms with van der Waals surface area (Å²) in [5.74, 6) is 0. The number of halogens is 2. The van der Waals surface area contributed by atoms with E-state index in [9.17, 15) is 8.78 Å². The van der Waals surface area contributed by atoms with Gasteiger partial charge >= 0.3 is 0 Å². The van der Waals surface area contributed by atoms with Gasteiger partial charge in [0.2, 0.25) is 0 Å². The molecule has 0 saturated carbocycles. The second kappa shape index (κ2) is 5.71. The Kier molecular flexibility index (Phi) is 3.78. The molecule has 2 heterocycles. The summed E-state index contributed by atoms with van der Waals surface area (Å²) >= 11 is 0. The molecule has 1 atom stereocenters. The Morgan fingerprint density at radius 1 is 1.30 bits per heavy atom. The van der Waals surface area contributed by atoms with Crippen molar-refractivity contribution in [3.8, 4) is 11.3 Å². The van der Waals surface area contributed by atoms with Crippen molar-refractivity contribution >= 4 is 0 Å². The van der Waals surface area contributed by atoms with Crippen molar-refractivity contribution < 1.29 is 13.5 Å². The number of benzene rings is 1. The van der Waals surface area contributed by atoms with Crippen LogP contribution in [0.5, 0.6) is 0 Å². The number of nitrogens with zero attached hydrogens (tertiary/aromatic N) is 2. The van der Waals surface area contributed by atoms with E-state index in [-0.39, 0.29) is 11.8 Å². The average molecular weight is 278 g/mol. The van der Waals surface area contributed by atoms with E-state index >= 15 is 0 Å². The van der Waals surface area contributed by atoms with Crippen molar-refractivity contribution in [2.24, 2.45) is 0 Å². The molecule has 2 aromatic rings. The van der Waals surface area contributed by atoms with Gasteiger partial charge in [-0.05, 0) is 24.5 Å². The molecular weight excluding hydrogens is 262 g/mol. The van der Waals surface area contributed by atoms with Gasteiger partial charge in [0.1, 0.15) is 5.69 Å². The van der Waals surface area contributed by atoms with Crippen molar-refractivity contribution in [3.05, 3.63) is 42.1 Å². The molecule has 0 bridgehead atoms. The number of alkyl halides is 2. The van der Waals surface area contributed by atoms with E-state index in [4.69, 9.17) is 4.74 Å². The topological polar surface area (TPSA) is 27.1 Å². The molecule has 1 unspecified atom stereocenters. The van der Waals surface area contributed by atoms with Crippen LogP contribution >= 0.6 is 0 Å². The molecule has 0 radical (unpaired) electrons. The molecule has 1 fully saturated rings. The number of rotatable bonds is 4. The third-order valence-corrected chi connectivity index (χ3v) is 3.49. The predicted octanol–water partition coefficient (Wildman–Crippen LogP) is 3.67. The van der Waals surface area contributed by atoms with E-state index in [1.54, 1.807) is 4.68 Å². The smallest absolute Gasteiger partial charge is 0.282 e. The highest BCUT2D eigenvalue weighted by molar-refractivity contribution is 5.59. The zero-order valence-corrected chi connectivity index (χ0v) is 11.0. The number of hydrogen-bond acceptors (Lipinski definition) is 2. The molecule has 20 heavy (non-hydrogen) atoms. The van der Waals surface area contributed by atoms with Crippen LogP contribution in [0.4, 0.5) is 8.78 Å². The minimum absolute atomic E-state index is 0.0721. The highest BCUT2D eigenvalue weighted by Gasteiger charge is 2.21. The Labute approximate surface area is 116 Å². The van der Waals surface area contributed by atoms with Gasteiger partial charge in [-0.25, -0.2) is 8.78 Å². The molecule has 0 amide bonds. The van der Waals surface area contributed by atoms with Gasteiger partial charge in [0.05, 0.1) is 18.3 Å². The minimum Gasteiger partial charge on any atom is -0.376 e. The van der Waals surface area contributed by atoms with Crippen molar-refractivity contribution in [3.63, 3.8) is 0 Å². The monoisotopic (exact) mass is 278 g/mol. The van der Waals surface area contributed by atoms with Crippen LogP contribution in [0.1, 0.15) is 25.0 Å². The van der Waals surface area contributed by atoms with Crippen molar-refractivity contribution in [2.75, 3.05) is 6.61 Å². The molecule has 106 valence electrons. The van der Waals surface area contributed by atoms with Crippen molar-refractivity contribution in [1.82, 2.24) is 9.78 Å². The van der Waals surface area contributed by atoms with Crippen LogP contribution in [0.2, 0.25) is 0 Å². The maximum atomic E-state index is 12.9. The SMILES string of the molecule is FC(F)c1cc(-c2ccccc2)n(CC2CCCO2)n1. The fourth-order valence-corrected chi connectivity index (χ4v) is 2.51. The quantitative estimate of drug-likeness (QED) is 0.853. The van der Waals surface area contributed by atoms with Gasteiger partial charge in [-0.3, -0.25) is 4.68 Å². The van der Waals surface area contributed by atoms with Crippen molar-refractivity contribution in [2.45, 2.75) is 31.9 Å². The van der Waals surface area contributed by atoms with Crippen LogP contribution in [-0.4, -0.2) is 22.5 Å². The fourth-order valence-electron chi connectivity index (χ4n) is 2.51. The molecule has 1 aliphatic rings. The summed E-state index contributed by atoms with van der Waals surface area (Å²) in [4.78, 5) is 0. The van der Waals surface area contributed by atoms with E-state index in [0.29, 0.717) is 6.54 Å². The summed E-state index contributed by atoms with van der Waals surface area (Å²) in [7, 11) is 0. The van der Waals surface area contributed by atoms with E-state index in [0.717, 1.165) is 30.7 Å². The molecule has 1 aromatic heterocycles. The lowest BCUT2D eigenvalue weighted by atomic mass is 10.1. The maximum Gasteiger partial charge on any atom is 0.282 e. The normalized spacial score (nSPS) is 18.9. The third kappa shape index (κ3) is 2.72. The van der Waals surface area contributed by atoms with Gasteiger partial charge in [-0.1, -0.05) is 30.3 Å². The van der Waals surface area contributed by atoms with E-state index in [2.05, 4.69) is 5.10 Å². The summed E-state index contributed by atoms with van der Waals surface area (Å²) in [6, 6.07) is 10.9. The van der Waals surface area contributed by atoms with Crippen LogP contribution < -0.4 is 0 Å². The Morgan fingerprint density at radius 3 is 2.75 bits per heavy atom. The highest BCUT2D eigenvalue weighted by atomic mass is 19.3. The van der Waals surface area contributed by atoms with E-state index in [1.165, 1.54) is 6.07 Å². The van der Waals surface area contributed by atoms with Gasteiger partial charge in [0.15, 0.2) is 0 Å². The van der Waals surface area contributed by atoms with Gasteiger partial charge in [0.25, 0.3) is 6.43 Å². The molecule has 1 aromatic carbocycles. The van der Waals surface area contributed by atoms with Gasteiger partial charge in [-0.2, -0.15) is 5.10 Å². The maximum absolute atomic E-state index is 12.9. The van der Waals surface area contributed by atoms with Crippen LogP contribution in [0.25, 0.3) is 11.3 Å². The fraction of sp³-hybridized carbons (Fsp3) is 0.400. The van der Waals surface area contributed by atoms with Crippen LogP contribution in [0.15, 0.2) is 36.4 Å². The highest BCUT2D eigenvalue weighted by Crippen LogP contribution is 2.27. The third-order valence-electron chi connectivity index (χ3n) is 3.49. The predicted molar refractivity (Wildman–Crippen MR) is 71.6 cm³/mol. The standard InChI is InChI=1S/C15H16F2N2O/c16-15(17)13-9-14(11-5-2-1-3-6-11)19(18-13)10-12-7-4-8-20-12/h1-3,5-6,9,12,15H,4,7-8,10H2.